The van der Waals surface area contributed by atoms with E-state index in [-0.39, 0.29) is 0 Å². The molecule has 1 heterocycles. The summed E-state index contributed by atoms with van der Waals surface area (Å²) in [7, 11) is 2.16. The zero-order valence-corrected chi connectivity index (χ0v) is 11.7. The SMILES string of the molecule is CCOCCOCC(O)CNCC1CCCN1C. The summed E-state index contributed by atoms with van der Waals surface area (Å²) in [6.07, 6.45) is 2.11. The molecule has 0 radical (unpaired) electrons. The Morgan fingerprint density at radius 2 is 2.17 bits per heavy atom. The number of ether oxygens (including phenoxy) is 2. The molecule has 2 unspecified atom stereocenters. The van der Waals surface area contributed by atoms with Crippen LogP contribution in [0.25, 0.3) is 0 Å². The summed E-state index contributed by atoms with van der Waals surface area (Å²) >= 11 is 0. The number of likely N-dealkylation sites (N-methyl/N-ethyl adjacent to an activating group) is 1. The average molecular weight is 260 g/mol. The summed E-state index contributed by atoms with van der Waals surface area (Å²) in [4.78, 5) is 2.37. The molecule has 1 saturated heterocycles. The highest BCUT2D eigenvalue weighted by Gasteiger charge is 2.20. The predicted octanol–water partition coefficient (Wildman–Crippen LogP) is 0.0842. The van der Waals surface area contributed by atoms with Gasteiger partial charge in [0.15, 0.2) is 0 Å². The number of aliphatic hydroxyl groups is 1. The number of likely N-dealkylation sites (tertiary alicyclic amines) is 1. The number of nitrogens with one attached hydrogen (secondary N) is 1. The first-order chi connectivity index (χ1) is 8.74. The number of nitrogens with zero attached hydrogens (tertiary/aromatic N) is 1. The molecular weight excluding hydrogens is 232 g/mol. The van der Waals surface area contributed by atoms with E-state index in [0.717, 1.165) is 6.54 Å². The number of hydrogen-bond acceptors (Lipinski definition) is 5. The van der Waals surface area contributed by atoms with E-state index in [1.54, 1.807) is 0 Å². The van der Waals surface area contributed by atoms with Crippen molar-refractivity contribution in [3.8, 4) is 0 Å². The molecule has 0 amide bonds. The third-order valence-electron chi connectivity index (χ3n) is 3.32. The first-order valence-corrected chi connectivity index (χ1v) is 6.98. The van der Waals surface area contributed by atoms with Crippen LogP contribution >= 0.6 is 0 Å². The lowest BCUT2D eigenvalue weighted by molar-refractivity contribution is 0.00624. The summed E-state index contributed by atoms with van der Waals surface area (Å²) in [6, 6.07) is 0.621. The van der Waals surface area contributed by atoms with Crippen LogP contribution in [-0.2, 0) is 9.47 Å². The van der Waals surface area contributed by atoms with Crippen molar-refractivity contribution in [1.82, 2.24) is 10.2 Å². The van der Waals surface area contributed by atoms with E-state index in [2.05, 4.69) is 17.3 Å². The Morgan fingerprint density at radius 3 is 2.83 bits per heavy atom. The van der Waals surface area contributed by atoms with Crippen LogP contribution in [0.1, 0.15) is 19.8 Å². The van der Waals surface area contributed by atoms with Crippen molar-refractivity contribution >= 4 is 0 Å². The maximum atomic E-state index is 9.70. The summed E-state index contributed by atoms with van der Waals surface area (Å²) in [5.41, 5.74) is 0. The van der Waals surface area contributed by atoms with Gasteiger partial charge >= 0.3 is 0 Å². The van der Waals surface area contributed by atoms with E-state index < -0.39 is 6.10 Å². The highest BCUT2D eigenvalue weighted by molar-refractivity contribution is 4.78. The fraction of sp³-hybridized carbons (Fsp3) is 1.00. The summed E-state index contributed by atoms with van der Waals surface area (Å²) in [6.45, 7) is 6.93. The van der Waals surface area contributed by atoms with Gasteiger partial charge in [-0.05, 0) is 33.4 Å². The molecule has 0 saturated carbocycles. The normalized spacial score (nSPS) is 22.5. The second-order valence-corrected chi connectivity index (χ2v) is 4.86. The van der Waals surface area contributed by atoms with Gasteiger partial charge in [0.2, 0.25) is 0 Å². The summed E-state index contributed by atoms with van der Waals surface area (Å²) in [5, 5.41) is 13.0. The molecule has 5 heteroatoms. The van der Waals surface area contributed by atoms with Crippen LogP contribution in [0, 0.1) is 0 Å². The largest absolute Gasteiger partial charge is 0.389 e. The van der Waals surface area contributed by atoms with Crippen LogP contribution < -0.4 is 5.32 Å². The molecule has 1 fully saturated rings. The van der Waals surface area contributed by atoms with Crippen molar-refractivity contribution in [1.29, 1.82) is 0 Å². The van der Waals surface area contributed by atoms with Gasteiger partial charge in [0, 0.05) is 25.7 Å². The number of hydrogen-bond donors (Lipinski definition) is 2. The minimum atomic E-state index is -0.432. The molecule has 1 rings (SSSR count). The second-order valence-electron chi connectivity index (χ2n) is 4.86. The maximum absolute atomic E-state index is 9.70. The van der Waals surface area contributed by atoms with Crippen molar-refractivity contribution in [2.45, 2.75) is 31.9 Å². The van der Waals surface area contributed by atoms with Crippen LogP contribution in [0.15, 0.2) is 0 Å². The van der Waals surface area contributed by atoms with Gasteiger partial charge in [0.1, 0.15) is 0 Å². The molecule has 0 aromatic heterocycles. The van der Waals surface area contributed by atoms with Crippen LogP contribution in [0.5, 0.6) is 0 Å². The molecule has 2 N–H and O–H groups in total. The maximum Gasteiger partial charge on any atom is 0.0897 e. The second kappa shape index (κ2) is 9.69. The van der Waals surface area contributed by atoms with Gasteiger partial charge < -0.3 is 24.8 Å². The molecule has 0 spiro atoms. The fourth-order valence-corrected chi connectivity index (χ4v) is 2.19. The Labute approximate surface area is 110 Å². The first-order valence-electron chi connectivity index (χ1n) is 6.98. The van der Waals surface area contributed by atoms with Crippen molar-refractivity contribution < 1.29 is 14.6 Å². The van der Waals surface area contributed by atoms with Gasteiger partial charge in [-0.2, -0.15) is 0 Å². The van der Waals surface area contributed by atoms with E-state index in [1.807, 2.05) is 6.92 Å². The quantitative estimate of drug-likeness (QED) is 0.545. The Kier molecular flexibility index (Phi) is 8.54. The van der Waals surface area contributed by atoms with Gasteiger partial charge in [-0.15, -0.1) is 0 Å². The Balaban J connectivity index is 1.91. The average Bonchev–Trinajstić information content (AvgIpc) is 2.75. The molecule has 5 nitrogen and oxygen atoms in total. The first kappa shape index (κ1) is 15.9. The third-order valence-corrected chi connectivity index (χ3v) is 3.32. The minimum Gasteiger partial charge on any atom is -0.389 e. The van der Waals surface area contributed by atoms with E-state index in [0.29, 0.717) is 39.0 Å². The molecule has 0 bridgehead atoms. The Hall–Kier alpha value is -0.200. The molecule has 0 aromatic rings. The van der Waals surface area contributed by atoms with E-state index in [4.69, 9.17) is 9.47 Å². The lowest BCUT2D eigenvalue weighted by Crippen LogP contribution is -2.39. The molecule has 0 aromatic carbocycles. The van der Waals surface area contributed by atoms with Crippen molar-refractivity contribution in [2.24, 2.45) is 0 Å². The van der Waals surface area contributed by atoms with Gasteiger partial charge in [-0.3, -0.25) is 0 Å². The number of rotatable bonds is 10. The lowest BCUT2D eigenvalue weighted by Gasteiger charge is -2.20. The molecular formula is C13H28N2O3. The summed E-state index contributed by atoms with van der Waals surface area (Å²) < 4.78 is 10.5. The highest BCUT2D eigenvalue weighted by atomic mass is 16.5. The molecule has 2 atom stereocenters. The van der Waals surface area contributed by atoms with Gasteiger partial charge in [0.25, 0.3) is 0 Å². The predicted molar refractivity (Wildman–Crippen MR) is 71.8 cm³/mol. The van der Waals surface area contributed by atoms with Crippen molar-refractivity contribution in [3.05, 3.63) is 0 Å². The van der Waals surface area contributed by atoms with Crippen molar-refractivity contribution in [3.63, 3.8) is 0 Å². The van der Waals surface area contributed by atoms with E-state index in [1.165, 1.54) is 19.4 Å². The van der Waals surface area contributed by atoms with Crippen molar-refractivity contribution in [2.75, 3.05) is 53.1 Å². The fourth-order valence-electron chi connectivity index (χ4n) is 2.19. The van der Waals surface area contributed by atoms with Crippen LogP contribution in [-0.4, -0.2) is 75.3 Å². The highest BCUT2D eigenvalue weighted by Crippen LogP contribution is 2.13. The Morgan fingerprint density at radius 1 is 1.39 bits per heavy atom. The standard InChI is InChI=1S/C13H28N2O3/c1-3-17-7-8-18-11-13(16)10-14-9-12-5-4-6-15(12)2/h12-14,16H,3-11H2,1-2H3. The van der Waals surface area contributed by atoms with Gasteiger partial charge in [0.05, 0.1) is 25.9 Å². The molecule has 18 heavy (non-hydrogen) atoms. The van der Waals surface area contributed by atoms with E-state index >= 15 is 0 Å². The minimum absolute atomic E-state index is 0.376. The number of aliphatic hydroxyl groups excluding tert-OH is 1. The van der Waals surface area contributed by atoms with Crippen LogP contribution in [0.3, 0.4) is 0 Å². The van der Waals surface area contributed by atoms with Gasteiger partial charge in [-0.25, -0.2) is 0 Å². The monoisotopic (exact) mass is 260 g/mol. The zero-order valence-electron chi connectivity index (χ0n) is 11.7. The summed E-state index contributed by atoms with van der Waals surface area (Å²) in [5.74, 6) is 0. The zero-order chi connectivity index (χ0) is 13.2. The lowest BCUT2D eigenvalue weighted by atomic mass is 10.2. The smallest absolute Gasteiger partial charge is 0.0897 e. The van der Waals surface area contributed by atoms with Gasteiger partial charge in [-0.1, -0.05) is 0 Å². The molecule has 1 aliphatic rings. The molecule has 1 aliphatic heterocycles. The van der Waals surface area contributed by atoms with E-state index in [9.17, 15) is 5.11 Å². The Bertz CT molecular complexity index is 205. The molecule has 108 valence electrons. The topological polar surface area (TPSA) is 54.0 Å². The third kappa shape index (κ3) is 6.66. The molecule has 0 aliphatic carbocycles. The van der Waals surface area contributed by atoms with Crippen LogP contribution in [0.2, 0.25) is 0 Å². The van der Waals surface area contributed by atoms with Crippen LogP contribution in [0.4, 0.5) is 0 Å².